The Kier molecular flexibility index (Phi) is 7.24. The van der Waals surface area contributed by atoms with E-state index < -0.39 is 11.7 Å². The van der Waals surface area contributed by atoms with Gasteiger partial charge in [-0.05, 0) is 18.6 Å². The second kappa shape index (κ2) is 9.88. The van der Waals surface area contributed by atoms with Gasteiger partial charge in [0.2, 0.25) is 5.13 Å². The summed E-state index contributed by atoms with van der Waals surface area (Å²) in [6.07, 6.45) is -2.10. The minimum absolute atomic E-state index is 0.0831. The van der Waals surface area contributed by atoms with Crippen molar-refractivity contribution in [1.82, 2.24) is 9.97 Å². The molecule has 11 heteroatoms. The highest BCUT2D eigenvalue weighted by molar-refractivity contribution is 7.13. The van der Waals surface area contributed by atoms with Crippen LogP contribution in [0.15, 0.2) is 47.0 Å². The number of nitrogens with one attached hydrogen (secondary N) is 1. The SMILES string of the molecule is CCOC(=O)Cc1csc(NN=Cc2ccc(-c3ncc(C(F)(F)F)cc3Cl)cc2)n1. The number of pyridine rings is 1. The van der Waals surface area contributed by atoms with E-state index in [9.17, 15) is 18.0 Å². The number of nitrogens with zero attached hydrogens (tertiary/aromatic N) is 3. The molecule has 2 aromatic heterocycles. The number of alkyl halides is 3. The fourth-order valence-corrected chi connectivity index (χ4v) is 3.43. The number of anilines is 1. The molecule has 0 fully saturated rings. The number of rotatable bonds is 7. The molecule has 0 unspecified atom stereocenters. The van der Waals surface area contributed by atoms with E-state index in [0.29, 0.717) is 23.0 Å². The molecule has 0 aliphatic carbocycles. The molecule has 0 atom stereocenters. The topological polar surface area (TPSA) is 76.5 Å². The number of benzene rings is 1. The van der Waals surface area contributed by atoms with Gasteiger partial charge in [0.25, 0.3) is 0 Å². The van der Waals surface area contributed by atoms with Crippen molar-refractivity contribution in [3.8, 4) is 11.3 Å². The molecule has 31 heavy (non-hydrogen) atoms. The van der Waals surface area contributed by atoms with Crippen LogP contribution in [0.25, 0.3) is 11.3 Å². The van der Waals surface area contributed by atoms with Crippen molar-refractivity contribution < 1.29 is 22.7 Å². The lowest BCUT2D eigenvalue weighted by molar-refractivity contribution is -0.142. The number of carbonyl (C=O) groups excluding carboxylic acids is 1. The third-order valence-electron chi connectivity index (χ3n) is 3.91. The molecule has 1 aromatic carbocycles. The van der Waals surface area contributed by atoms with Crippen molar-refractivity contribution in [2.75, 3.05) is 12.0 Å². The summed E-state index contributed by atoms with van der Waals surface area (Å²) in [5, 5.41) is 6.27. The molecule has 162 valence electrons. The standard InChI is InChI=1S/C20H16ClF3N4O2S/c1-2-30-17(29)8-15-11-31-19(27-15)28-26-9-12-3-5-13(6-4-12)18-16(21)7-14(10-25-18)20(22,23)24/h3-7,9-11H,2,8H2,1H3,(H,27,28). The molecule has 6 nitrogen and oxygen atoms in total. The maximum Gasteiger partial charge on any atom is 0.417 e. The van der Waals surface area contributed by atoms with Crippen molar-refractivity contribution in [3.63, 3.8) is 0 Å². The van der Waals surface area contributed by atoms with Gasteiger partial charge in [-0.3, -0.25) is 15.2 Å². The third-order valence-corrected chi connectivity index (χ3v) is 4.99. The van der Waals surface area contributed by atoms with Crippen LogP contribution in [0.3, 0.4) is 0 Å². The first-order chi connectivity index (χ1) is 14.8. The molecular formula is C20H16ClF3N4O2S. The van der Waals surface area contributed by atoms with E-state index in [0.717, 1.165) is 17.8 Å². The Bertz CT molecular complexity index is 1080. The highest BCUT2D eigenvalue weighted by atomic mass is 35.5. The second-order valence-electron chi connectivity index (χ2n) is 6.17. The van der Waals surface area contributed by atoms with Crippen LogP contribution in [0.1, 0.15) is 23.7 Å². The zero-order valence-corrected chi connectivity index (χ0v) is 17.7. The zero-order chi connectivity index (χ0) is 22.4. The van der Waals surface area contributed by atoms with E-state index in [1.54, 1.807) is 42.8 Å². The van der Waals surface area contributed by atoms with Crippen LogP contribution in [0.4, 0.5) is 18.3 Å². The largest absolute Gasteiger partial charge is 0.466 e. The third kappa shape index (κ3) is 6.25. The molecule has 0 spiro atoms. The van der Waals surface area contributed by atoms with Crippen LogP contribution in [-0.4, -0.2) is 28.8 Å². The van der Waals surface area contributed by atoms with Gasteiger partial charge in [0.05, 0.1) is 41.2 Å². The molecular weight excluding hydrogens is 453 g/mol. The van der Waals surface area contributed by atoms with Crippen molar-refractivity contribution in [2.24, 2.45) is 5.10 Å². The summed E-state index contributed by atoms with van der Waals surface area (Å²) < 4.78 is 43.1. The number of carbonyl (C=O) groups is 1. The fourth-order valence-electron chi connectivity index (χ4n) is 2.49. The predicted molar refractivity (Wildman–Crippen MR) is 113 cm³/mol. The molecule has 0 amide bonds. The summed E-state index contributed by atoms with van der Waals surface area (Å²) in [6.45, 7) is 2.06. The average Bonchev–Trinajstić information content (AvgIpc) is 3.15. The smallest absolute Gasteiger partial charge is 0.417 e. The molecule has 0 aliphatic rings. The van der Waals surface area contributed by atoms with Crippen LogP contribution in [0.5, 0.6) is 0 Å². The lowest BCUT2D eigenvalue weighted by Gasteiger charge is -2.09. The Morgan fingerprint density at radius 3 is 2.71 bits per heavy atom. The van der Waals surface area contributed by atoms with E-state index in [1.807, 2.05) is 0 Å². The van der Waals surface area contributed by atoms with Gasteiger partial charge in [-0.15, -0.1) is 11.3 Å². The van der Waals surface area contributed by atoms with Crippen LogP contribution >= 0.6 is 22.9 Å². The summed E-state index contributed by atoms with van der Waals surface area (Å²) >= 11 is 7.28. The van der Waals surface area contributed by atoms with Gasteiger partial charge in [-0.1, -0.05) is 35.9 Å². The number of halogens is 4. The first kappa shape index (κ1) is 22.7. The van der Waals surface area contributed by atoms with Crippen molar-refractivity contribution >= 4 is 40.3 Å². The number of hydrogen-bond acceptors (Lipinski definition) is 7. The fraction of sp³-hybridized carbons (Fsp3) is 0.200. The molecule has 0 radical (unpaired) electrons. The normalized spacial score (nSPS) is 11.6. The highest BCUT2D eigenvalue weighted by Gasteiger charge is 2.31. The Morgan fingerprint density at radius 1 is 1.32 bits per heavy atom. The van der Waals surface area contributed by atoms with Gasteiger partial charge >= 0.3 is 12.1 Å². The number of hydrazone groups is 1. The average molecular weight is 469 g/mol. The molecule has 0 saturated carbocycles. The van der Waals surface area contributed by atoms with Gasteiger partial charge < -0.3 is 4.74 Å². The van der Waals surface area contributed by atoms with Crippen LogP contribution in [0, 0.1) is 0 Å². The molecule has 2 heterocycles. The molecule has 1 N–H and O–H groups in total. The Morgan fingerprint density at radius 2 is 2.06 bits per heavy atom. The maximum absolute atomic E-state index is 12.7. The molecule has 3 rings (SSSR count). The van der Waals surface area contributed by atoms with Crippen LogP contribution < -0.4 is 5.43 Å². The number of esters is 1. The van der Waals surface area contributed by atoms with Crippen LogP contribution in [-0.2, 0) is 22.1 Å². The highest BCUT2D eigenvalue weighted by Crippen LogP contribution is 2.34. The number of aromatic nitrogens is 2. The van der Waals surface area contributed by atoms with Crippen LogP contribution in [0.2, 0.25) is 5.02 Å². The van der Waals surface area contributed by atoms with E-state index in [2.05, 4.69) is 20.5 Å². The van der Waals surface area contributed by atoms with E-state index >= 15 is 0 Å². The van der Waals surface area contributed by atoms with Crippen molar-refractivity contribution in [3.05, 3.63) is 63.8 Å². The van der Waals surface area contributed by atoms with E-state index in [4.69, 9.17) is 16.3 Å². The molecule has 3 aromatic rings. The molecule has 0 aliphatic heterocycles. The minimum atomic E-state index is -4.50. The summed E-state index contributed by atoms with van der Waals surface area (Å²) in [5.74, 6) is -0.342. The number of hydrogen-bond donors (Lipinski definition) is 1. The van der Waals surface area contributed by atoms with Crippen molar-refractivity contribution in [1.29, 1.82) is 0 Å². The lowest BCUT2D eigenvalue weighted by Crippen LogP contribution is -2.07. The predicted octanol–water partition coefficient (Wildman–Crippen LogP) is 5.43. The minimum Gasteiger partial charge on any atom is -0.466 e. The summed E-state index contributed by atoms with van der Waals surface area (Å²) in [5.41, 5.74) is 4.04. The van der Waals surface area contributed by atoms with Gasteiger partial charge in [0.1, 0.15) is 0 Å². The quantitative estimate of drug-likeness (QED) is 0.284. The van der Waals surface area contributed by atoms with Gasteiger partial charge in [0.15, 0.2) is 0 Å². The lowest BCUT2D eigenvalue weighted by atomic mass is 10.1. The van der Waals surface area contributed by atoms with E-state index in [-0.39, 0.29) is 23.1 Å². The number of ether oxygens (including phenoxy) is 1. The van der Waals surface area contributed by atoms with Gasteiger partial charge in [-0.25, -0.2) is 4.98 Å². The summed E-state index contributed by atoms with van der Waals surface area (Å²) in [6, 6.07) is 7.68. The molecule has 0 bridgehead atoms. The van der Waals surface area contributed by atoms with E-state index in [1.165, 1.54) is 11.3 Å². The Labute approximate surface area is 184 Å². The Balaban J connectivity index is 1.62. The first-order valence-electron chi connectivity index (χ1n) is 8.98. The second-order valence-corrected chi connectivity index (χ2v) is 7.44. The molecule has 0 saturated heterocycles. The Hall–Kier alpha value is -2.98. The van der Waals surface area contributed by atoms with Gasteiger partial charge in [0, 0.05) is 17.1 Å². The van der Waals surface area contributed by atoms with Gasteiger partial charge in [-0.2, -0.15) is 18.3 Å². The maximum atomic E-state index is 12.7. The zero-order valence-electron chi connectivity index (χ0n) is 16.1. The van der Waals surface area contributed by atoms with Crippen molar-refractivity contribution in [2.45, 2.75) is 19.5 Å². The summed E-state index contributed by atoms with van der Waals surface area (Å²) in [7, 11) is 0. The first-order valence-corrected chi connectivity index (χ1v) is 10.2. The summed E-state index contributed by atoms with van der Waals surface area (Å²) in [4.78, 5) is 19.5. The monoisotopic (exact) mass is 468 g/mol. The number of thiazole rings is 1.